The summed E-state index contributed by atoms with van der Waals surface area (Å²) in [6.45, 7) is 1.72. The van der Waals surface area contributed by atoms with E-state index in [1.54, 1.807) is 30.3 Å². The van der Waals surface area contributed by atoms with E-state index in [0.29, 0.717) is 39.7 Å². The molecule has 2 heterocycles. The van der Waals surface area contributed by atoms with Gasteiger partial charge in [0.05, 0.1) is 25.6 Å². The number of carbonyl (C=O) groups is 2. The first-order chi connectivity index (χ1) is 15.4. The molecule has 32 heavy (non-hydrogen) atoms. The highest BCUT2D eigenvalue weighted by Gasteiger charge is 2.29. The van der Waals surface area contributed by atoms with Gasteiger partial charge in [0.25, 0.3) is 5.91 Å². The molecule has 0 aliphatic carbocycles. The molecule has 1 aromatic heterocycles. The molecule has 0 spiro atoms. The Morgan fingerprint density at radius 3 is 2.50 bits per heavy atom. The highest BCUT2D eigenvalue weighted by molar-refractivity contribution is 7.17. The molecule has 1 amide bonds. The van der Waals surface area contributed by atoms with Crippen LogP contribution in [0.25, 0.3) is 10.4 Å². The third-order valence-electron chi connectivity index (χ3n) is 5.23. The van der Waals surface area contributed by atoms with E-state index in [-0.39, 0.29) is 30.2 Å². The Morgan fingerprint density at radius 2 is 1.88 bits per heavy atom. The Labute approximate surface area is 188 Å². The van der Waals surface area contributed by atoms with E-state index in [1.807, 2.05) is 0 Å². The van der Waals surface area contributed by atoms with Crippen molar-refractivity contribution < 1.29 is 28.2 Å². The van der Waals surface area contributed by atoms with Crippen molar-refractivity contribution in [1.29, 1.82) is 0 Å². The van der Waals surface area contributed by atoms with Crippen molar-refractivity contribution in [3.05, 3.63) is 64.3 Å². The summed E-state index contributed by atoms with van der Waals surface area (Å²) in [6, 6.07) is 11.5. The van der Waals surface area contributed by atoms with Gasteiger partial charge in [-0.1, -0.05) is 6.07 Å². The van der Waals surface area contributed by atoms with Gasteiger partial charge >= 0.3 is 0 Å². The summed E-state index contributed by atoms with van der Waals surface area (Å²) in [6.07, 6.45) is 0.0939. The fraction of sp³-hybridized carbons (Fsp3) is 0.250. The number of amides is 1. The number of nitrogens with one attached hydrogen (secondary N) is 1. The topological polar surface area (TPSA) is 73.9 Å². The molecule has 6 nitrogen and oxygen atoms in total. The molecule has 8 heteroatoms. The van der Waals surface area contributed by atoms with E-state index < -0.39 is 0 Å². The molecule has 0 bridgehead atoms. The van der Waals surface area contributed by atoms with Crippen LogP contribution in [0, 0.1) is 5.82 Å². The first kappa shape index (κ1) is 21.8. The number of fused-ring (bicyclic) bond motifs is 1. The van der Waals surface area contributed by atoms with Gasteiger partial charge in [-0.15, -0.1) is 11.3 Å². The van der Waals surface area contributed by atoms with Gasteiger partial charge in [0.1, 0.15) is 34.7 Å². The second-order valence-corrected chi connectivity index (χ2v) is 8.44. The maximum absolute atomic E-state index is 14.3. The number of methoxy groups -OCH3 is 2. The van der Waals surface area contributed by atoms with E-state index in [1.165, 1.54) is 44.6 Å². The second kappa shape index (κ2) is 9.00. The molecule has 1 aliphatic heterocycles. The summed E-state index contributed by atoms with van der Waals surface area (Å²) in [5.74, 6) is 0.625. The molecule has 0 saturated carbocycles. The van der Waals surface area contributed by atoms with E-state index in [2.05, 4.69) is 5.32 Å². The summed E-state index contributed by atoms with van der Waals surface area (Å²) < 4.78 is 31.0. The van der Waals surface area contributed by atoms with Crippen LogP contribution in [0.2, 0.25) is 0 Å². The zero-order valence-electron chi connectivity index (χ0n) is 17.9. The Bertz CT molecular complexity index is 1170. The van der Waals surface area contributed by atoms with Crippen molar-refractivity contribution in [2.75, 3.05) is 20.8 Å². The van der Waals surface area contributed by atoms with E-state index in [0.717, 1.165) is 10.4 Å². The quantitative estimate of drug-likeness (QED) is 0.531. The molecule has 0 radical (unpaired) electrons. The summed E-state index contributed by atoms with van der Waals surface area (Å²) in [7, 11) is 2.97. The van der Waals surface area contributed by atoms with Crippen LogP contribution in [-0.4, -0.2) is 38.6 Å². The van der Waals surface area contributed by atoms with Crippen LogP contribution in [0.3, 0.4) is 0 Å². The van der Waals surface area contributed by atoms with Crippen LogP contribution in [0.15, 0.2) is 42.5 Å². The average Bonchev–Trinajstić information content (AvgIpc) is 3.43. The first-order valence-electron chi connectivity index (χ1n) is 10.0. The zero-order chi connectivity index (χ0) is 22.8. The fourth-order valence-electron chi connectivity index (χ4n) is 3.73. The van der Waals surface area contributed by atoms with Gasteiger partial charge in [0.15, 0.2) is 5.78 Å². The number of ketones is 1. The Kier molecular flexibility index (Phi) is 6.14. The largest absolute Gasteiger partial charge is 0.496 e. The monoisotopic (exact) mass is 455 g/mol. The predicted molar refractivity (Wildman–Crippen MR) is 120 cm³/mol. The van der Waals surface area contributed by atoms with Gasteiger partial charge in [-0.2, -0.15) is 0 Å². The smallest absolute Gasteiger partial charge is 0.258 e. The van der Waals surface area contributed by atoms with Crippen molar-refractivity contribution in [1.82, 2.24) is 5.32 Å². The minimum absolute atomic E-state index is 0.0393. The molecule has 0 saturated heterocycles. The molecule has 1 atom stereocenters. The van der Waals surface area contributed by atoms with Crippen molar-refractivity contribution >= 4 is 23.0 Å². The summed E-state index contributed by atoms with van der Waals surface area (Å²) >= 11 is 1.30. The van der Waals surface area contributed by atoms with Crippen molar-refractivity contribution in [2.45, 2.75) is 19.4 Å². The highest BCUT2D eigenvalue weighted by Crippen LogP contribution is 2.42. The molecule has 4 rings (SSSR count). The summed E-state index contributed by atoms with van der Waals surface area (Å²) in [4.78, 5) is 25.8. The van der Waals surface area contributed by atoms with Gasteiger partial charge < -0.3 is 19.5 Å². The third-order valence-corrected chi connectivity index (χ3v) is 6.45. The van der Waals surface area contributed by atoms with Crippen LogP contribution in [0.4, 0.5) is 4.39 Å². The van der Waals surface area contributed by atoms with Crippen molar-refractivity contribution in [3.8, 4) is 27.7 Å². The van der Waals surface area contributed by atoms with Crippen molar-refractivity contribution in [2.24, 2.45) is 0 Å². The Morgan fingerprint density at radius 1 is 1.16 bits per heavy atom. The molecule has 0 fully saturated rings. The molecule has 1 unspecified atom stereocenters. The van der Waals surface area contributed by atoms with E-state index in [9.17, 15) is 14.0 Å². The van der Waals surface area contributed by atoms with Crippen molar-refractivity contribution in [3.63, 3.8) is 0 Å². The zero-order valence-corrected chi connectivity index (χ0v) is 18.7. The normalized spacial score (nSPS) is 14.4. The molecular formula is C24H22FNO5S. The first-order valence-corrected chi connectivity index (χ1v) is 10.8. The lowest BCUT2D eigenvalue weighted by Crippen LogP contribution is -2.34. The SMILES string of the molecule is COc1cccc(OC)c1C(=O)NCC1Cc2cc(F)cc(-c3ccc(C(C)=O)s3)c2O1. The average molecular weight is 456 g/mol. The number of ether oxygens (including phenoxy) is 3. The van der Waals surface area contributed by atoms with Crippen LogP contribution < -0.4 is 19.5 Å². The molecule has 2 aromatic carbocycles. The highest BCUT2D eigenvalue weighted by atomic mass is 32.1. The number of Topliss-reactive ketones (excluding diaryl/α,β-unsaturated/α-hetero) is 1. The van der Waals surface area contributed by atoms with Crippen LogP contribution in [0.5, 0.6) is 17.2 Å². The maximum Gasteiger partial charge on any atom is 0.258 e. The van der Waals surface area contributed by atoms with Crippen LogP contribution in [-0.2, 0) is 6.42 Å². The Hall–Kier alpha value is -3.39. The number of halogens is 1. The predicted octanol–water partition coefficient (Wildman–Crippen LogP) is 4.51. The maximum atomic E-state index is 14.3. The molecular weight excluding hydrogens is 433 g/mol. The van der Waals surface area contributed by atoms with Gasteiger partial charge in [0, 0.05) is 22.4 Å². The summed E-state index contributed by atoms with van der Waals surface area (Å²) in [5, 5.41) is 2.86. The second-order valence-electron chi connectivity index (χ2n) is 7.35. The minimum Gasteiger partial charge on any atom is -0.496 e. The number of hydrogen-bond acceptors (Lipinski definition) is 6. The fourth-order valence-corrected chi connectivity index (χ4v) is 4.65. The van der Waals surface area contributed by atoms with Gasteiger partial charge in [-0.05, 0) is 43.3 Å². The van der Waals surface area contributed by atoms with Crippen LogP contribution >= 0.6 is 11.3 Å². The minimum atomic E-state index is -0.372. The number of benzene rings is 2. The summed E-state index contributed by atoms with van der Waals surface area (Å²) in [5.41, 5.74) is 1.64. The standard InChI is InChI=1S/C24H22FNO5S/c1-13(27)20-7-8-21(32-20)17-11-15(25)9-14-10-16(31-23(14)17)12-26-24(28)22-18(29-2)5-4-6-19(22)30-3/h4-9,11,16H,10,12H2,1-3H3,(H,26,28). The number of rotatable bonds is 7. The lowest BCUT2D eigenvalue weighted by atomic mass is 10.0. The molecule has 3 aromatic rings. The van der Waals surface area contributed by atoms with Crippen LogP contribution in [0.1, 0.15) is 32.5 Å². The molecule has 166 valence electrons. The molecule has 1 N–H and O–H groups in total. The number of thiophene rings is 1. The lowest BCUT2D eigenvalue weighted by molar-refractivity contribution is 0.0926. The van der Waals surface area contributed by atoms with Gasteiger partial charge in [-0.3, -0.25) is 9.59 Å². The van der Waals surface area contributed by atoms with Gasteiger partial charge in [0.2, 0.25) is 0 Å². The number of carbonyl (C=O) groups excluding carboxylic acids is 2. The van der Waals surface area contributed by atoms with E-state index in [4.69, 9.17) is 14.2 Å². The third kappa shape index (κ3) is 4.18. The Balaban J connectivity index is 1.52. The van der Waals surface area contributed by atoms with E-state index >= 15 is 0 Å². The lowest BCUT2D eigenvalue weighted by Gasteiger charge is -2.16. The molecule has 1 aliphatic rings. The van der Waals surface area contributed by atoms with Gasteiger partial charge in [-0.25, -0.2) is 4.39 Å². The number of hydrogen-bond donors (Lipinski definition) is 1.